The first-order valence-electron chi connectivity index (χ1n) is 6.51. The van der Waals surface area contributed by atoms with Crippen LogP contribution in [0.3, 0.4) is 0 Å². The number of sulfonamides is 1. The van der Waals surface area contributed by atoms with Crippen LogP contribution < -0.4 is 0 Å². The molecule has 0 radical (unpaired) electrons. The first kappa shape index (κ1) is 26.8. The highest BCUT2D eigenvalue weighted by atomic mass is 79.9. The Morgan fingerprint density at radius 1 is 0.700 bits per heavy atom. The van der Waals surface area contributed by atoms with E-state index in [0.29, 0.717) is 12.1 Å². The highest BCUT2D eigenvalue weighted by Crippen LogP contribution is 2.55. The van der Waals surface area contributed by atoms with Gasteiger partial charge in [0.05, 0.1) is 4.90 Å². The van der Waals surface area contributed by atoms with Gasteiger partial charge in [0.2, 0.25) is 0 Å². The molecule has 0 saturated carbocycles. The lowest BCUT2D eigenvalue weighted by Crippen LogP contribution is -2.63. The SMILES string of the molecule is O=S(=O)(N=[S@](=O)(c1ccc(Br)cc1)C(F)(F)F)C(F)(F)C(F)(F)C(F)(F)C(F)(F)F. The Morgan fingerprint density at radius 3 is 1.43 bits per heavy atom. The van der Waals surface area contributed by atoms with Gasteiger partial charge in [0.25, 0.3) is 0 Å². The number of hydrogen-bond acceptors (Lipinski definition) is 3. The molecule has 0 heterocycles. The van der Waals surface area contributed by atoms with Crippen LogP contribution >= 0.6 is 15.9 Å². The van der Waals surface area contributed by atoms with Crippen molar-refractivity contribution in [3.05, 3.63) is 28.7 Å². The van der Waals surface area contributed by atoms with Gasteiger partial charge in [-0.1, -0.05) is 19.7 Å². The fourth-order valence-corrected chi connectivity index (χ4v) is 5.20. The number of halogens is 13. The number of rotatable bonds is 5. The van der Waals surface area contributed by atoms with E-state index in [2.05, 4.69) is 15.9 Å². The van der Waals surface area contributed by atoms with E-state index in [1.54, 1.807) is 0 Å². The molecule has 0 saturated heterocycles. The van der Waals surface area contributed by atoms with Crippen molar-refractivity contribution in [1.29, 1.82) is 0 Å². The molecule has 1 atom stereocenters. The average Bonchev–Trinajstić information content (AvgIpc) is 2.52. The second-order valence-corrected chi connectivity index (χ2v) is 10.1. The summed E-state index contributed by atoms with van der Waals surface area (Å²) < 4.78 is 191. The van der Waals surface area contributed by atoms with Crippen molar-refractivity contribution in [2.45, 2.75) is 33.7 Å². The number of alkyl halides is 12. The second-order valence-electron chi connectivity index (χ2n) is 5.14. The summed E-state index contributed by atoms with van der Waals surface area (Å²) in [5.74, 6) is -15.5. The quantitative estimate of drug-likeness (QED) is 0.437. The Kier molecular flexibility index (Phi) is 6.63. The molecule has 4 nitrogen and oxygen atoms in total. The maximum absolute atomic E-state index is 13.6. The van der Waals surface area contributed by atoms with E-state index >= 15 is 0 Å². The largest absolute Gasteiger partial charge is 0.484 e. The molecule has 0 aliphatic heterocycles. The molecule has 0 unspecified atom stereocenters. The minimum atomic E-state index is -7.91. The topological polar surface area (TPSA) is 63.6 Å². The van der Waals surface area contributed by atoms with Crippen molar-refractivity contribution < 1.29 is 65.3 Å². The summed E-state index contributed by atoms with van der Waals surface area (Å²) >= 11 is 2.69. The van der Waals surface area contributed by atoms with Gasteiger partial charge in [0.15, 0.2) is 9.73 Å². The highest BCUT2D eigenvalue weighted by molar-refractivity contribution is 9.10. The van der Waals surface area contributed by atoms with Crippen molar-refractivity contribution in [3.63, 3.8) is 0 Å². The van der Waals surface area contributed by atoms with Crippen LogP contribution in [-0.2, 0) is 19.8 Å². The van der Waals surface area contributed by atoms with Crippen LogP contribution in [-0.4, -0.2) is 41.4 Å². The Bertz CT molecular complexity index is 1020. The van der Waals surface area contributed by atoms with Crippen LogP contribution in [0.2, 0.25) is 0 Å². The van der Waals surface area contributed by atoms with Gasteiger partial charge in [-0.3, -0.25) is 0 Å². The molecule has 0 spiro atoms. The first-order chi connectivity index (χ1) is 13.0. The lowest BCUT2D eigenvalue weighted by atomic mass is 10.1. The van der Waals surface area contributed by atoms with Crippen LogP contribution in [0.25, 0.3) is 0 Å². The molecule has 1 aromatic carbocycles. The van der Waals surface area contributed by atoms with Gasteiger partial charge in [-0.15, -0.1) is 0 Å². The molecule has 0 amide bonds. The average molecular weight is 570 g/mol. The maximum Gasteiger partial charge on any atom is 0.484 e. The highest BCUT2D eigenvalue weighted by Gasteiger charge is 2.85. The molecule has 0 N–H and O–H groups in total. The molecule has 174 valence electrons. The zero-order chi connectivity index (χ0) is 24.2. The standard InChI is InChI=1S/C11H4BrF12NO3S2/c12-5-1-3-6(4-2-5)29(26,11(22,23)24)25-30(27,28)10(20,21)8(15,16)7(13,14)9(17,18)19/h1-4H/t29-/m0/s1. The van der Waals surface area contributed by atoms with E-state index in [0.717, 1.165) is 0 Å². The third-order valence-corrected chi connectivity index (χ3v) is 7.69. The lowest BCUT2D eigenvalue weighted by molar-refractivity contribution is -0.382. The zero-order valence-electron chi connectivity index (χ0n) is 13.2. The van der Waals surface area contributed by atoms with Crippen LogP contribution in [0.5, 0.6) is 0 Å². The molecule has 19 heteroatoms. The predicted molar refractivity (Wildman–Crippen MR) is 78.8 cm³/mol. The van der Waals surface area contributed by atoms with Gasteiger partial charge in [-0.2, -0.15) is 61.1 Å². The van der Waals surface area contributed by atoms with Crippen molar-refractivity contribution >= 4 is 35.7 Å². The summed E-state index contributed by atoms with van der Waals surface area (Å²) in [4.78, 5) is -1.69. The lowest BCUT2D eigenvalue weighted by Gasteiger charge is -2.32. The molecule has 1 rings (SSSR count). The molecule has 0 fully saturated rings. The Hall–Kier alpha value is -1.24. The molecule has 30 heavy (non-hydrogen) atoms. The fraction of sp³-hybridized carbons (Fsp3) is 0.455. The molecule has 0 aliphatic rings. The van der Waals surface area contributed by atoms with Crippen LogP contribution in [0, 0.1) is 0 Å². The van der Waals surface area contributed by atoms with Crippen LogP contribution in [0.1, 0.15) is 0 Å². The summed E-state index contributed by atoms with van der Waals surface area (Å²) in [6, 6.07) is 1.74. The smallest absolute Gasteiger partial charge is 0.235 e. The van der Waals surface area contributed by atoms with Gasteiger partial charge in [0, 0.05) is 4.47 Å². The van der Waals surface area contributed by atoms with E-state index in [1.807, 2.05) is 0 Å². The Labute approximate surface area is 167 Å². The van der Waals surface area contributed by atoms with Gasteiger partial charge >= 0.3 is 38.8 Å². The summed E-state index contributed by atoms with van der Waals surface area (Å²) in [5, 5.41) is -7.55. The van der Waals surface area contributed by atoms with Crippen molar-refractivity contribution in [3.8, 4) is 0 Å². The second kappa shape index (κ2) is 7.42. The van der Waals surface area contributed by atoms with Gasteiger partial charge in [-0.25, -0.2) is 4.21 Å². The van der Waals surface area contributed by atoms with Gasteiger partial charge < -0.3 is 0 Å². The molecule has 0 bridgehead atoms. The van der Waals surface area contributed by atoms with E-state index < -0.39 is 53.4 Å². The predicted octanol–water partition coefficient (Wildman–Crippen LogP) is 5.55. The number of benzene rings is 1. The van der Waals surface area contributed by atoms with E-state index in [1.165, 1.54) is 3.77 Å². The third-order valence-electron chi connectivity index (χ3n) is 3.09. The molecule has 0 aromatic heterocycles. The molecule has 0 aliphatic carbocycles. The van der Waals surface area contributed by atoms with Gasteiger partial charge in [0.1, 0.15) is 0 Å². The van der Waals surface area contributed by atoms with Crippen LogP contribution in [0.4, 0.5) is 52.7 Å². The Morgan fingerprint density at radius 2 is 1.10 bits per heavy atom. The Balaban J connectivity index is 3.89. The summed E-state index contributed by atoms with van der Waals surface area (Å²) in [7, 11) is -14.5. The van der Waals surface area contributed by atoms with E-state index in [9.17, 15) is 65.3 Å². The number of hydrogen-bond donors (Lipinski definition) is 0. The minimum Gasteiger partial charge on any atom is -0.235 e. The fourth-order valence-electron chi connectivity index (χ4n) is 1.55. The molecular formula is C11H4BrF12NO3S2. The van der Waals surface area contributed by atoms with E-state index in [4.69, 9.17) is 0 Å². The van der Waals surface area contributed by atoms with Crippen molar-refractivity contribution in [2.24, 2.45) is 3.77 Å². The monoisotopic (exact) mass is 569 g/mol. The maximum atomic E-state index is 13.6. The first-order valence-corrected chi connectivity index (χ1v) is 10.3. The molecular weight excluding hydrogens is 566 g/mol. The third kappa shape index (κ3) is 4.11. The minimum absolute atomic E-state index is 0.0280. The van der Waals surface area contributed by atoms with Crippen molar-refractivity contribution in [1.82, 2.24) is 0 Å². The van der Waals surface area contributed by atoms with Gasteiger partial charge in [-0.05, 0) is 24.3 Å². The summed E-state index contributed by atoms with van der Waals surface area (Å²) in [6.07, 6.45) is -7.44. The summed E-state index contributed by atoms with van der Waals surface area (Å²) in [6.45, 7) is 0. The molecule has 1 aromatic rings. The summed E-state index contributed by atoms with van der Waals surface area (Å²) in [5.41, 5.74) is -6.36. The van der Waals surface area contributed by atoms with E-state index in [-0.39, 0.29) is 16.6 Å². The number of nitrogens with zero attached hydrogens (tertiary/aromatic N) is 1. The zero-order valence-corrected chi connectivity index (χ0v) is 16.4. The van der Waals surface area contributed by atoms with Crippen molar-refractivity contribution in [2.75, 3.05) is 0 Å². The normalized spacial score (nSPS) is 16.8. The van der Waals surface area contributed by atoms with Crippen LogP contribution in [0.15, 0.2) is 37.4 Å².